The predicted molar refractivity (Wildman–Crippen MR) is 84.2 cm³/mol. The molecule has 2 N–H and O–H groups in total. The summed E-state index contributed by atoms with van der Waals surface area (Å²) in [6, 6.07) is 11.7. The molecule has 0 bridgehead atoms. The summed E-state index contributed by atoms with van der Waals surface area (Å²) in [6.45, 7) is 4.25. The fourth-order valence-electron chi connectivity index (χ4n) is 3.31. The molecule has 2 unspecified atom stereocenters. The van der Waals surface area contributed by atoms with Crippen molar-refractivity contribution in [3.05, 3.63) is 35.9 Å². The molecular formula is C17H25N3O. The molecule has 3 rings (SSSR count). The maximum Gasteiger partial charge on any atom is 0.220 e. The van der Waals surface area contributed by atoms with E-state index in [1.165, 1.54) is 18.5 Å². The van der Waals surface area contributed by atoms with Crippen molar-refractivity contribution in [2.75, 3.05) is 26.2 Å². The van der Waals surface area contributed by atoms with Crippen LogP contribution in [0, 0.1) is 0 Å². The van der Waals surface area contributed by atoms with E-state index in [9.17, 15) is 4.79 Å². The quantitative estimate of drug-likeness (QED) is 0.854. The zero-order chi connectivity index (χ0) is 14.5. The van der Waals surface area contributed by atoms with Gasteiger partial charge in [0.25, 0.3) is 0 Å². The molecule has 2 fully saturated rings. The summed E-state index contributed by atoms with van der Waals surface area (Å²) in [5.41, 5.74) is 1.42. The van der Waals surface area contributed by atoms with Crippen molar-refractivity contribution in [2.24, 2.45) is 0 Å². The summed E-state index contributed by atoms with van der Waals surface area (Å²) in [5.74, 6) is 0.198. The SMILES string of the molecule is O=C1CCC(NC2CCN(CCc3ccccc3)C2)CN1. The van der Waals surface area contributed by atoms with Crippen molar-refractivity contribution in [3.8, 4) is 0 Å². The van der Waals surface area contributed by atoms with Gasteiger partial charge in [-0.2, -0.15) is 0 Å². The van der Waals surface area contributed by atoms with E-state index < -0.39 is 0 Å². The third-order valence-electron chi connectivity index (χ3n) is 4.57. The highest BCUT2D eigenvalue weighted by Gasteiger charge is 2.26. The van der Waals surface area contributed by atoms with Crippen LogP contribution in [0.15, 0.2) is 30.3 Å². The highest BCUT2D eigenvalue weighted by molar-refractivity contribution is 5.76. The number of hydrogen-bond donors (Lipinski definition) is 2. The van der Waals surface area contributed by atoms with Gasteiger partial charge in [0.15, 0.2) is 0 Å². The molecule has 0 aliphatic carbocycles. The van der Waals surface area contributed by atoms with Crippen LogP contribution in [0.3, 0.4) is 0 Å². The fraction of sp³-hybridized carbons (Fsp3) is 0.588. The first-order valence-corrected chi connectivity index (χ1v) is 8.08. The van der Waals surface area contributed by atoms with Crippen LogP contribution in [0.1, 0.15) is 24.8 Å². The van der Waals surface area contributed by atoms with Gasteiger partial charge in [-0.25, -0.2) is 0 Å². The van der Waals surface area contributed by atoms with E-state index in [-0.39, 0.29) is 5.91 Å². The Morgan fingerprint density at radius 3 is 2.81 bits per heavy atom. The van der Waals surface area contributed by atoms with Crippen molar-refractivity contribution in [1.82, 2.24) is 15.5 Å². The normalized spacial score (nSPS) is 26.8. The first-order valence-electron chi connectivity index (χ1n) is 8.08. The molecule has 114 valence electrons. The molecule has 2 saturated heterocycles. The second-order valence-corrected chi connectivity index (χ2v) is 6.23. The van der Waals surface area contributed by atoms with Gasteiger partial charge in [-0.1, -0.05) is 30.3 Å². The van der Waals surface area contributed by atoms with E-state index >= 15 is 0 Å². The fourth-order valence-corrected chi connectivity index (χ4v) is 3.31. The van der Waals surface area contributed by atoms with E-state index in [0.29, 0.717) is 18.5 Å². The van der Waals surface area contributed by atoms with Crippen LogP contribution in [0.4, 0.5) is 0 Å². The van der Waals surface area contributed by atoms with Crippen molar-refractivity contribution in [3.63, 3.8) is 0 Å². The molecule has 1 amide bonds. The Balaban J connectivity index is 1.38. The summed E-state index contributed by atoms with van der Waals surface area (Å²) in [6.07, 6.45) is 4.00. The molecular weight excluding hydrogens is 262 g/mol. The number of likely N-dealkylation sites (tertiary alicyclic amines) is 1. The van der Waals surface area contributed by atoms with E-state index in [0.717, 1.165) is 32.5 Å². The van der Waals surface area contributed by atoms with Crippen molar-refractivity contribution < 1.29 is 4.79 Å². The average molecular weight is 287 g/mol. The number of rotatable bonds is 5. The van der Waals surface area contributed by atoms with Crippen LogP contribution >= 0.6 is 0 Å². The summed E-state index contributed by atoms with van der Waals surface area (Å²) in [7, 11) is 0. The Hall–Kier alpha value is -1.39. The van der Waals surface area contributed by atoms with E-state index in [1.54, 1.807) is 0 Å². The number of hydrogen-bond acceptors (Lipinski definition) is 3. The summed E-state index contributed by atoms with van der Waals surface area (Å²) < 4.78 is 0. The number of amides is 1. The summed E-state index contributed by atoms with van der Waals surface area (Å²) in [4.78, 5) is 13.7. The van der Waals surface area contributed by atoms with Gasteiger partial charge < -0.3 is 15.5 Å². The molecule has 2 aliphatic rings. The molecule has 2 atom stereocenters. The smallest absolute Gasteiger partial charge is 0.220 e. The minimum Gasteiger partial charge on any atom is -0.355 e. The topological polar surface area (TPSA) is 44.4 Å². The van der Waals surface area contributed by atoms with Gasteiger partial charge >= 0.3 is 0 Å². The molecule has 1 aromatic carbocycles. The molecule has 0 aromatic heterocycles. The zero-order valence-electron chi connectivity index (χ0n) is 12.6. The number of nitrogens with zero attached hydrogens (tertiary/aromatic N) is 1. The van der Waals surface area contributed by atoms with Crippen molar-refractivity contribution in [2.45, 2.75) is 37.8 Å². The van der Waals surface area contributed by atoms with Crippen LogP contribution in [0.5, 0.6) is 0 Å². The van der Waals surface area contributed by atoms with Gasteiger partial charge in [-0.15, -0.1) is 0 Å². The van der Waals surface area contributed by atoms with Gasteiger partial charge in [0, 0.05) is 38.1 Å². The lowest BCUT2D eigenvalue weighted by atomic mass is 10.1. The number of carbonyl (C=O) groups is 1. The number of carbonyl (C=O) groups excluding carboxylic acids is 1. The third kappa shape index (κ3) is 4.29. The third-order valence-corrected chi connectivity index (χ3v) is 4.57. The van der Waals surface area contributed by atoms with Crippen LogP contribution in [-0.2, 0) is 11.2 Å². The van der Waals surface area contributed by atoms with Crippen LogP contribution < -0.4 is 10.6 Å². The standard InChI is InChI=1S/C17H25N3O/c21-17-7-6-15(12-18-17)19-16-9-11-20(13-16)10-8-14-4-2-1-3-5-14/h1-5,15-16,19H,6-13H2,(H,18,21). The highest BCUT2D eigenvalue weighted by Crippen LogP contribution is 2.13. The van der Waals surface area contributed by atoms with Gasteiger partial charge in [0.05, 0.1) is 0 Å². The minimum atomic E-state index is 0.198. The van der Waals surface area contributed by atoms with E-state index in [1.807, 2.05) is 0 Å². The molecule has 0 saturated carbocycles. The molecule has 1 aromatic rings. The molecule has 2 aliphatic heterocycles. The van der Waals surface area contributed by atoms with Gasteiger partial charge in [0.2, 0.25) is 5.91 Å². The van der Waals surface area contributed by atoms with Gasteiger partial charge in [-0.3, -0.25) is 4.79 Å². The Labute approximate surface area is 126 Å². The molecule has 4 heteroatoms. The Morgan fingerprint density at radius 1 is 1.19 bits per heavy atom. The van der Waals surface area contributed by atoms with Crippen LogP contribution in [-0.4, -0.2) is 49.1 Å². The first-order chi connectivity index (χ1) is 10.3. The Kier molecular flexibility index (Phi) is 4.88. The van der Waals surface area contributed by atoms with Crippen LogP contribution in [0.2, 0.25) is 0 Å². The largest absolute Gasteiger partial charge is 0.355 e. The van der Waals surface area contributed by atoms with Gasteiger partial charge in [0.1, 0.15) is 0 Å². The number of piperidine rings is 1. The number of benzene rings is 1. The van der Waals surface area contributed by atoms with Crippen LogP contribution in [0.25, 0.3) is 0 Å². The zero-order valence-corrected chi connectivity index (χ0v) is 12.6. The Morgan fingerprint density at radius 2 is 2.05 bits per heavy atom. The van der Waals surface area contributed by atoms with Crippen molar-refractivity contribution in [1.29, 1.82) is 0 Å². The lowest BCUT2D eigenvalue weighted by Gasteiger charge is -2.27. The van der Waals surface area contributed by atoms with E-state index in [4.69, 9.17) is 0 Å². The van der Waals surface area contributed by atoms with E-state index in [2.05, 4.69) is 45.9 Å². The lowest BCUT2D eigenvalue weighted by Crippen LogP contribution is -2.49. The first kappa shape index (κ1) is 14.5. The van der Waals surface area contributed by atoms with Crippen molar-refractivity contribution >= 4 is 5.91 Å². The maximum atomic E-state index is 11.2. The lowest BCUT2D eigenvalue weighted by molar-refractivity contribution is -0.122. The highest BCUT2D eigenvalue weighted by atomic mass is 16.1. The second-order valence-electron chi connectivity index (χ2n) is 6.23. The molecule has 0 spiro atoms. The maximum absolute atomic E-state index is 11.2. The molecule has 21 heavy (non-hydrogen) atoms. The molecule has 2 heterocycles. The average Bonchev–Trinajstić information content (AvgIpc) is 2.96. The monoisotopic (exact) mass is 287 g/mol. The predicted octanol–water partition coefficient (Wildman–Crippen LogP) is 1.17. The Bertz CT molecular complexity index is 452. The number of nitrogens with one attached hydrogen (secondary N) is 2. The van der Waals surface area contributed by atoms with Gasteiger partial charge in [-0.05, 0) is 31.4 Å². The summed E-state index contributed by atoms with van der Waals surface area (Å²) in [5, 5.41) is 6.66. The minimum absolute atomic E-state index is 0.198. The molecule has 0 radical (unpaired) electrons. The second kappa shape index (κ2) is 7.05. The molecule has 4 nitrogen and oxygen atoms in total. The summed E-state index contributed by atoms with van der Waals surface area (Å²) >= 11 is 0.